The predicted octanol–water partition coefficient (Wildman–Crippen LogP) is 6.60. The number of aromatic carboxylic acids is 1. The Balaban J connectivity index is 1.60. The van der Waals surface area contributed by atoms with Crippen LogP contribution in [-0.4, -0.2) is 17.7 Å². The van der Waals surface area contributed by atoms with Crippen LogP contribution in [0.15, 0.2) is 72.8 Å². The Labute approximate surface area is 177 Å². The van der Waals surface area contributed by atoms with E-state index in [2.05, 4.69) is 0 Å². The minimum absolute atomic E-state index is 0.126. The van der Waals surface area contributed by atoms with Crippen LogP contribution in [0.1, 0.15) is 27.0 Å². The number of benzene rings is 3. The summed E-state index contributed by atoms with van der Waals surface area (Å²) in [6.45, 7) is 2.02. The molecular weight excluding hydrogens is 409 g/mol. The van der Waals surface area contributed by atoms with E-state index in [1.807, 2.05) is 6.92 Å². The van der Waals surface area contributed by atoms with E-state index >= 15 is 0 Å². The molecule has 0 aliphatic rings. The lowest BCUT2D eigenvalue weighted by Crippen LogP contribution is -2.03. The van der Waals surface area contributed by atoms with Crippen molar-refractivity contribution in [3.63, 3.8) is 0 Å². The van der Waals surface area contributed by atoms with Gasteiger partial charge in [0.25, 0.3) is 0 Å². The van der Waals surface area contributed by atoms with E-state index in [1.54, 1.807) is 42.5 Å². The van der Waals surface area contributed by atoms with Crippen LogP contribution < -0.4 is 9.47 Å². The number of ether oxygens (including phenoxy) is 2. The van der Waals surface area contributed by atoms with E-state index in [9.17, 15) is 18.0 Å². The molecule has 0 aromatic heterocycles. The average molecular weight is 428 g/mol. The largest absolute Gasteiger partial charge is 0.489 e. The summed E-state index contributed by atoms with van der Waals surface area (Å²) in [6, 6.07) is 16.3. The molecule has 0 radical (unpaired) electrons. The van der Waals surface area contributed by atoms with Gasteiger partial charge >= 0.3 is 12.1 Å². The summed E-state index contributed by atoms with van der Waals surface area (Å²) in [5.74, 6) is 0.400. The minimum atomic E-state index is -4.36. The first-order chi connectivity index (χ1) is 14.7. The van der Waals surface area contributed by atoms with Crippen molar-refractivity contribution in [3.8, 4) is 17.2 Å². The molecule has 0 spiro atoms. The number of carboxylic acids is 1. The molecule has 0 saturated heterocycles. The van der Waals surface area contributed by atoms with Crippen LogP contribution in [0, 0.1) is 6.92 Å². The Morgan fingerprint density at radius 3 is 2.39 bits per heavy atom. The van der Waals surface area contributed by atoms with Crippen molar-refractivity contribution in [2.45, 2.75) is 13.1 Å². The molecule has 0 unspecified atom stereocenters. The summed E-state index contributed by atoms with van der Waals surface area (Å²) in [6.07, 6.45) is -0.996. The van der Waals surface area contributed by atoms with Gasteiger partial charge in [0.2, 0.25) is 0 Å². The summed E-state index contributed by atoms with van der Waals surface area (Å²) in [5.41, 5.74) is 0.849. The predicted molar refractivity (Wildman–Crippen MR) is 111 cm³/mol. The normalized spacial score (nSPS) is 11.5. The van der Waals surface area contributed by atoms with E-state index in [4.69, 9.17) is 14.6 Å². The third kappa shape index (κ3) is 6.12. The van der Waals surface area contributed by atoms with Gasteiger partial charge in [-0.25, -0.2) is 4.79 Å². The summed E-state index contributed by atoms with van der Waals surface area (Å²) >= 11 is 0. The Morgan fingerprint density at radius 1 is 1.00 bits per heavy atom. The zero-order valence-electron chi connectivity index (χ0n) is 16.5. The molecule has 3 aromatic carbocycles. The number of carbonyl (C=O) groups is 1. The van der Waals surface area contributed by atoms with Crippen molar-refractivity contribution < 1.29 is 32.5 Å². The fourth-order valence-corrected chi connectivity index (χ4v) is 2.71. The highest BCUT2D eigenvalue weighted by Gasteiger charge is 2.29. The van der Waals surface area contributed by atoms with Gasteiger partial charge in [-0.1, -0.05) is 30.3 Å². The first-order valence-corrected chi connectivity index (χ1v) is 9.31. The molecule has 31 heavy (non-hydrogen) atoms. The van der Waals surface area contributed by atoms with Crippen LogP contribution in [0.25, 0.3) is 6.08 Å². The van der Waals surface area contributed by atoms with Gasteiger partial charge in [0, 0.05) is 6.07 Å². The number of halogens is 3. The minimum Gasteiger partial charge on any atom is -0.489 e. The van der Waals surface area contributed by atoms with Crippen molar-refractivity contribution in [1.82, 2.24) is 0 Å². The first kappa shape index (κ1) is 22.0. The van der Waals surface area contributed by atoms with Crippen molar-refractivity contribution in [2.24, 2.45) is 0 Å². The quantitative estimate of drug-likeness (QED) is 0.461. The Kier molecular flexibility index (Phi) is 6.65. The Hall–Kier alpha value is -3.74. The third-order valence-electron chi connectivity index (χ3n) is 4.36. The molecule has 0 amide bonds. The molecular formula is C24H19F3O4. The van der Waals surface area contributed by atoms with Crippen LogP contribution in [-0.2, 0) is 6.18 Å². The van der Waals surface area contributed by atoms with E-state index in [0.29, 0.717) is 22.8 Å². The number of alkyl halides is 3. The van der Waals surface area contributed by atoms with Crippen LogP contribution >= 0.6 is 0 Å². The number of hydrogen-bond acceptors (Lipinski definition) is 3. The fraction of sp³-hybridized carbons (Fsp3) is 0.125. The first-order valence-electron chi connectivity index (χ1n) is 9.31. The smallest absolute Gasteiger partial charge is 0.416 e. The molecule has 160 valence electrons. The van der Waals surface area contributed by atoms with Crippen molar-refractivity contribution in [2.75, 3.05) is 6.61 Å². The summed E-state index contributed by atoms with van der Waals surface area (Å²) in [5, 5.41) is 9.13. The highest BCUT2D eigenvalue weighted by atomic mass is 19.4. The molecule has 7 heteroatoms. The highest BCUT2D eigenvalue weighted by Crippen LogP contribution is 2.30. The van der Waals surface area contributed by atoms with Gasteiger partial charge in [-0.05, 0) is 60.5 Å². The van der Waals surface area contributed by atoms with Gasteiger partial charge in [0.05, 0.1) is 11.1 Å². The number of carboxylic acid groups (broad SMARTS) is 1. The average Bonchev–Trinajstić information content (AvgIpc) is 2.73. The van der Waals surface area contributed by atoms with E-state index in [0.717, 1.165) is 17.7 Å². The summed E-state index contributed by atoms with van der Waals surface area (Å²) in [7, 11) is 0. The SMILES string of the molecule is Cc1ccc(C(=O)O)cc1Oc1cccc(OC/C=C/c2ccc(C(F)(F)F)cc2)c1. The van der Waals surface area contributed by atoms with Crippen molar-refractivity contribution >= 4 is 12.0 Å². The Bertz CT molecular complexity index is 1090. The van der Waals surface area contributed by atoms with Gasteiger partial charge in [-0.15, -0.1) is 0 Å². The van der Waals surface area contributed by atoms with E-state index in [1.165, 1.54) is 24.3 Å². The topological polar surface area (TPSA) is 55.8 Å². The van der Waals surface area contributed by atoms with Crippen LogP contribution in [0.2, 0.25) is 0 Å². The van der Waals surface area contributed by atoms with Gasteiger partial charge < -0.3 is 14.6 Å². The lowest BCUT2D eigenvalue weighted by atomic mass is 10.1. The Morgan fingerprint density at radius 2 is 1.71 bits per heavy atom. The van der Waals surface area contributed by atoms with Crippen LogP contribution in [0.4, 0.5) is 13.2 Å². The molecule has 0 atom stereocenters. The van der Waals surface area contributed by atoms with Crippen LogP contribution in [0.5, 0.6) is 17.2 Å². The van der Waals surface area contributed by atoms with Gasteiger partial charge in [-0.2, -0.15) is 13.2 Å². The van der Waals surface area contributed by atoms with Crippen molar-refractivity contribution in [1.29, 1.82) is 0 Å². The molecule has 0 bridgehead atoms. The second-order valence-corrected chi connectivity index (χ2v) is 6.70. The lowest BCUT2D eigenvalue weighted by Gasteiger charge is -2.11. The highest BCUT2D eigenvalue weighted by molar-refractivity contribution is 5.88. The maximum absolute atomic E-state index is 12.6. The van der Waals surface area contributed by atoms with E-state index < -0.39 is 17.7 Å². The molecule has 0 aliphatic heterocycles. The number of aryl methyl sites for hydroxylation is 1. The standard InChI is InChI=1S/C24H19F3O4/c1-16-7-10-18(23(28)29)14-22(16)31-21-6-2-5-20(15-21)30-13-3-4-17-8-11-19(12-9-17)24(25,26)27/h2-12,14-15H,13H2,1H3,(H,28,29)/b4-3+. The van der Waals surface area contributed by atoms with Gasteiger partial charge in [0.15, 0.2) is 0 Å². The fourth-order valence-electron chi connectivity index (χ4n) is 2.71. The molecule has 1 N–H and O–H groups in total. The third-order valence-corrected chi connectivity index (χ3v) is 4.36. The maximum Gasteiger partial charge on any atom is 0.416 e. The summed E-state index contributed by atoms with van der Waals surface area (Å²) < 4.78 is 49.2. The number of rotatable bonds is 7. The zero-order chi connectivity index (χ0) is 22.4. The maximum atomic E-state index is 12.6. The summed E-state index contributed by atoms with van der Waals surface area (Å²) in [4.78, 5) is 11.1. The molecule has 3 aromatic rings. The number of hydrogen-bond donors (Lipinski definition) is 1. The molecule has 4 nitrogen and oxygen atoms in total. The second-order valence-electron chi connectivity index (χ2n) is 6.70. The monoisotopic (exact) mass is 428 g/mol. The lowest BCUT2D eigenvalue weighted by molar-refractivity contribution is -0.137. The second kappa shape index (κ2) is 9.38. The van der Waals surface area contributed by atoms with Gasteiger partial charge in [-0.3, -0.25) is 0 Å². The van der Waals surface area contributed by atoms with E-state index in [-0.39, 0.29) is 12.2 Å². The van der Waals surface area contributed by atoms with Crippen LogP contribution in [0.3, 0.4) is 0 Å². The van der Waals surface area contributed by atoms with Gasteiger partial charge in [0.1, 0.15) is 23.9 Å². The zero-order valence-corrected chi connectivity index (χ0v) is 16.5. The molecule has 0 aliphatic carbocycles. The molecule has 3 rings (SSSR count). The van der Waals surface area contributed by atoms with Crippen molar-refractivity contribution in [3.05, 3.63) is 95.1 Å². The molecule has 0 fully saturated rings. The molecule has 0 saturated carbocycles. The molecule has 0 heterocycles.